The van der Waals surface area contributed by atoms with E-state index in [0.717, 1.165) is 24.9 Å². The van der Waals surface area contributed by atoms with Crippen molar-refractivity contribution in [3.05, 3.63) is 23.8 Å². The fourth-order valence-corrected chi connectivity index (χ4v) is 3.41. The molecular formula is C15H16F2N2O4. The summed E-state index contributed by atoms with van der Waals surface area (Å²) in [7, 11) is 0. The predicted octanol–water partition coefficient (Wildman–Crippen LogP) is 2.08. The van der Waals surface area contributed by atoms with Gasteiger partial charge in [0.2, 0.25) is 0 Å². The minimum atomic E-state index is -3.60. The SMILES string of the molecule is O=C1NC[C@]2(CCCN(Cc3ccc4c(c3)OC(F)(F)O4)C2)O1. The van der Waals surface area contributed by atoms with Crippen LogP contribution in [0.4, 0.5) is 13.6 Å². The Bertz CT molecular complexity index is 654. The summed E-state index contributed by atoms with van der Waals surface area (Å²) < 4.78 is 40.4. The normalized spacial score (nSPS) is 28.7. The molecular weight excluding hydrogens is 310 g/mol. The number of hydrogen-bond acceptors (Lipinski definition) is 5. The number of alkyl halides is 2. The Hall–Kier alpha value is -2.09. The van der Waals surface area contributed by atoms with Gasteiger partial charge in [0.25, 0.3) is 0 Å². The number of rotatable bonds is 2. The van der Waals surface area contributed by atoms with Gasteiger partial charge in [-0.05, 0) is 37.1 Å². The fraction of sp³-hybridized carbons (Fsp3) is 0.533. The summed E-state index contributed by atoms with van der Waals surface area (Å²) in [4.78, 5) is 13.5. The predicted molar refractivity (Wildman–Crippen MR) is 74.4 cm³/mol. The molecule has 1 atom stereocenters. The largest absolute Gasteiger partial charge is 0.586 e. The zero-order chi connectivity index (χ0) is 16.1. The van der Waals surface area contributed by atoms with Crippen molar-refractivity contribution in [2.75, 3.05) is 19.6 Å². The maximum absolute atomic E-state index is 13.1. The summed E-state index contributed by atoms with van der Waals surface area (Å²) >= 11 is 0. The van der Waals surface area contributed by atoms with Gasteiger partial charge in [0.15, 0.2) is 11.5 Å². The highest BCUT2D eigenvalue weighted by molar-refractivity contribution is 5.70. The van der Waals surface area contributed by atoms with Crippen LogP contribution in [0.1, 0.15) is 18.4 Å². The van der Waals surface area contributed by atoms with Crippen LogP contribution in [0.15, 0.2) is 18.2 Å². The second-order valence-electron chi connectivity index (χ2n) is 6.19. The third-order valence-electron chi connectivity index (χ3n) is 4.35. The molecule has 3 aliphatic heterocycles. The molecule has 23 heavy (non-hydrogen) atoms. The summed E-state index contributed by atoms with van der Waals surface area (Å²) in [6, 6.07) is 4.79. The van der Waals surface area contributed by atoms with E-state index in [1.54, 1.807) is 12.1 Å². The number of halogens is 2. The molecule has 6 nitrogen and oxygen atoms in total. The van der Waals surface area contributed by atoms with Crippen LogP contribution in [-0.4, -0.2) is 42.5 Å². The number of carbonyl (C=O) groups is 1. The van der Waals surface area contributed by atoms with Crippen LogP contribution in [-0.2, 0) is 11.3 Å². The lowest BCUT2D eigenvalue weighted by Crippen LogP contribution is -2.50. The Kier molecular flexibility index (Phi) is 3.12. The zero-order valence-electron chi connectivity index (χ0n) is 12.3. The first kappa shape index (κ1) is 14.5. The van der Waals surface area contributed by atoms with Gasteiger partial charge in [0.05, 0.1) is 6.54 Å². The van der Waals surface area contributed by atoms with Crippen LogP contribution in [0, 0.1) is 0 Å². The molecule has 0 aromatic heterocycles. The van der Waals surface area contributed by atoms with Crippen LogP contribution >= 0.6 is 0 Å². The van der Waals surface area contributed by atoms with Crippen molar-refractivity contribution < 1.29 is 27.8 Å². The molecule has 1 amide bonds. The Morgan fingerprint density at radius 1 is 1.22 bits per heavy atom. The molecule has 124 valence electrons. The molecule has 1 aromatic rings. The second-order valence-corrected chi connectivity index (χ2v) is 6.19. The van der Waals surface area contributed by atoms with Gasteiger partial charge in [-0.3, -0.25) is 4.90 Å². The van der Waals surface area contributed by atoms with Crippen molar-refractivity contribution in [3.8, 4) is 11.5 Å². The number of nitrogens with one attached hydrogen (secondary N) is 1. The highest BCUT2D eigenvalue weighted by Crippen LogP contribution is 2.41. The Balaban J connectivity index is 1.46. The molecule has 1 N–H and O–H groups in total. The monoisotopic (exact) mass is 326 g/mol. The maximum atomic E-state index is 13.1. The number of alkyl carbamates (subject to hydrolysis) is 1. The molecule has 0 bridgehead atoms. The van der Waals surface area contributed by atoms with Crippen molar-refractivity contribution in [2.24, 2.45) is 0 Å². The van der Waals surface area contributed by atoms with E-state index in [-0.39, 0.29) is 17.6 Å². The number of nitrogens with zero attached hydrogens (tertiary/aromatic N) is 1. The Morgan fingerprint density at radius 3 is 2.83 bits per heavy atom. The van der Waals surface area contributed by atoms with Crippen LogP contribution in [0.2, 0.25) is 0 Å². The second kappa shape index (κ2) is 4.95. The molecule has 0 unspecified atom stereocenters. The topological polar surface area (TPSA) is 60.0 Å². The van der Waals surface area contributed by atoms with Gasteiger partial charge in [-0.1, -0.05) is 6.07 Å². The van der Waals surface area contributed by atoms with E-state index in [0.29, 0.717) is 19.6 Å². The summed E-state index contributed by atoms with van der Waals surface area (Å²) in [6.45, 7) is 2.57. The zero-order valence-corrected chi connectivity index (χ0v) is 12.3. The maximum Gasteiger partial charge on any atom is 0.586 e. The number of carbonyl (C=O) groups excluding carboxylic acids is 1. The highest BCUT2D eigenvalue weighted by atomic mass is 19.3. The summed E-state index contributed by atoms with van der Waals surface area (Å²) in [5, 5.41) is 2.70. The lowest BCUT2D eigenvalue weighted by molar-refractivity contribution is -0.286. The Labute approximate surface area is 131 Å². The van der Waals surface area contributed by atoms with Gasteiger partial charge in [-0.25, -0.2) is 4.79 Å². The molecule has 3 heterocycles. The quantitative estimate of drug-likeness (QED) is 0.902. The first-order chi connectivity index (χ1) is 10.9. The molecule has 0 aliphatic carbocycles. The number of piperidine rings is 1. The molecule has 8 heteroatoms. The molecule has 0 saturated carbocycles. The summed E-state index contributed by atoms with van der Waals surface area (Å²) in [5.41, 5.74) is 0.373. The van der Waals surface area contributed by atoms with Crippen molar-refractivity contribution in [3.63, 3.8) is 0 Å². The Morgan fingerprint density at radius 2 is 2.04 bits per heavy atom. The van der Waals surface area contributed by atoms with Crippen LogP contribution in [0.5, 0.6) is 11.5 Å². The third-order valence-corrected chi connectivity index (χ3v) is 4.35. The van der Waals surface area contributed by atoms with Crippen LogP contribution in [0.3, 0.4) is 0 Å². The van der Waals surface area contributed by atoms with E-state index in [4.69, 9.17) is 4.74 Å². The van der Waals surface area contributed by atoms with Gasteiger partial charge < -0.3 is 19.5 Å². The van der Waals surface area contributed by atoms with Gasteiger partial charge in [0.1, 0.15) is 5.60 Å². The molecule has 2 fully saturated rings. The number of ether oxygens (including phenoxy) is 3. The number of amides is 1. The number of likely N-dealkylation sites (tertiary alicyclic amines) is 1. The smallest absolute Gasteiger partial charge is 0.440 e. The van der Waals surface area contributed by atoms with Crippen molar-refractivity contribution in [1.29, 1.82) is 0 Å². The molecule has 2 saturated heterocycles. The van der Waals surface area contributed by atoms with Gasteiger partial charge >= 0.3 is 12.4 Å². The summed E-state index contributed by atoms with van der Waals surface area (Å²) in [6.07, 6.45) is -2.23. The molecule has 1 spiro atoms. The van der Waals surface area contributed by atoms with Gasteiger partial charge in [-0.2, -0.15) is 0 Å². The first-order valence-corrected chi connectivity index (χ1v) is 7.51. The van der Waals surface area contributed by atoms with Crippen molar-refractivity contribution in [2.45, 2.75) is 31.3 Å². The number of fused-ring (bicyclic) bond motifs is 1. The molecule has 1 aromatic carbocycles. The number of benzene rings is 1. The average molecular weight is 326 g/mol. The highest BCUT2D eigenvalue weighted by Gasteiger charge is 2.45. The summed E-state index contributed by atoms with van der Waals surface area (Å²) in [5.74, 6) is 0.0935. The van der Waals surface area contributed by atoms with Crippen LogP contribution < -0.4 is 14.8 Å². The first-order valence-electron chi connectivity index (χ1n) is 7.51. The van der Waals surface area contributed by atoms with Gasteiger partial charge in [-0.15, -0.1) is 8.78 Å². The standard InChI is InChI=1S/C15H16F2N2O4/c16-15(17)21-11-3-2-10(6-12(11)22-15)7-19-5-1-4-14(9-19)8-18-13(20)23-14/h2-3,6H,1,4-5,7-9H2,(H,18,20)/t14-/m0/s1. The minimum Gasteiger partial charge on any atom is -0.440 e. The van der Waals surface area contributed by atoms with Crippen molar-refractivity contribution >= 4 is 6.09 Å². The van der Waals surface area contributed by atoms with Crippen molar-refractivity contribution in [1.82, 2.24) is 10.2 Å². The van der Waals surface area contributed by atoms with E-state index in [9.17, 15) is 13.6 Å². The van der Waals surface area contributed by atoms with Crippen LogP contribution in [0.25, 0.3) is 0 Å². The van der Waals surface area contributed by atoms with E-state index in [1.807, 2.05) is 0 Å². The van der Waals surface area contributed by atoms with E-state index >= 15 is 0 Å². The van der Waals surface area contributed by atoms with E-state index in [1.165, 1.54) is 6.07 Å². The molecule has 0 radical (unpaired) electrons. The van der Waals surface area contributed by atoms with E-state index < -0.39 is 11.9 Å². The number of hydrogen-bond donors (Lipinski definition) is 1. The fourth-order valence-electron chi connectivity index (χ4n) is 3.41. The lowest BCUT2D eigenvalue weighted by atomic mass is 9.93. The molecule has 3 aliphatic rings. The average Bonchev–Trinajstić information content (AvgIpc) is 2.97. The lowest BCUT2D eigenvalue weighted by Gasteiger charge is -2.38. The third kappa shape index (κ3) is 2.78. The molecule has 4 rings (SSSR count). The van der Waals surface area contributed by atoms with Gasteiger partial charge in [0, 0.05) is 13.1 Å². The minimum absolute atomic E-state index is 0.0442. The van der Waals surface area contributed by atoms with E-state index in [2.05, 4.69) is 19.7 Å².